The second kappa shape index (κ2) is 5.11. The zero-order chi connectivity index (χ0) is 13.4. The van der Waals surface area contributed by atoms with Gasteiger partial charge in [-0.2, -0.15) is 9.97 Å². The summed E-state index contributed by atoms with van der Waals surface area (Å²) in [6.07, 6.45) is 4.66. The molecule has 3 rings (SSSR count). The van der Waals surface area contributed by atoms with Gasteiger partial charge in [-0.25, -0.2) is 0 Å². The number of anilines is 1. The van der Waals surface area contributed by atoms with Crippen LogP contribution in [0.25, 0.3) is 0 Å². The lowest BCUT2D eigenvalue weighted by molar-refractivity contribution is 0.337. The largest absolute Gasteiger partial charge is 0.467 e. The minimum Gasteiger partial charge on any atom is -0.467 e. The summed E-state index contributed by atoms with van der Waals surface area (Å²) >= 11 is 3.74. The molecule has 1 aromatic rings. The number of alkyl halides is 1. The van der Waals surface area contributed by atoms with Crippen LogP contribution in [0.1, 0.15) is 25.7 Å². The summed E-state index contributed by atoms with van der Waals surface area (Å²) in [5.41, 5.74) is 0. The molecule has 0 N–H and O–H groups in total. The minimum absolute atomic E-state index is 0.308. The molecule has 0 radical (unpaired) electrons. The highest BCUT2D eigenvalue weighted by Crippen LogP contribution is 2.40. The third kappa shape index (κ3) is 2.35. The highest BCUT2D eigenvalue weighted by atomic mass is 79.9. The summed E-state index contributed by atoms with van der Waals surface area (Å²) in [5, 5.41) is 0. The Hall–Kier alpha value is -1.11. The van der Waals surface area contributed by atoms with E-state index in [-0.39, 0.29) is 0 Å². The highest BCUT2D eigenvalue weighted by molar-refractivity contribution is 9.09. The fraction of sp³-hybridized carbons (Fsp3) is 0.750. The standard InChI is InChI=1S/C12H17BrN4O2/c1-18-11-14-10(15-12(16-11)19-2)17-8-3-4-9(17)6-7(13)5-8/h7-9H,3-6H2,1-2H3. The zero-order valence-electron chi connectivity index (χ0n) is 11.0. The Morgan fingerprint density at radius 1 is 1.00 bits per heavy atom. The van der Waals surface area contributed by atoms with Crippen LogP contribution < -0.4 is 14.4 Å². The molecule has 0 spiro atoms. The van der Waals surface area contributed by atoms with Crippen molar-refractivity contribution in [2.75, 3.05) is 19.1 Å². The van der Waals surface area contributed by atoms with Gasteiger partial charge in [0.1, 0.15) is 0 Å². The molecule has 2 aliphatic heterocycles. The van der Waals surface area contributed by atoms with Gasteiger partial charge in [-0.3, -0.25) is 0 Å². The monoisotopic (exact) mass is 328 g/mol. The van der Waals surface area contributed by atoms with Crippen molar-refractivity contribution in [2.45, 2.75) is 42.6 Å². The Balaban J connectivity index is 1.94. The van der Waals surface area contributed by atoms with E-state index in [9.17, 15) is 0 Å². The summed E-state index contributed by atoms with van der Waals surface area (Å²) in [4.78, 5) is 15.7. The van der Waals surface area contributed by atoms with Crippen LogP contribution in [-0.2, 0) is 0 Å². The number of ether oxygens (including phenoxy) is 2. The van der Waals surface area contributed by atoms with Crippen molar-refractivity contribution >= 4 is 21.9 Å². The molecule has 19 heavy (non-hydrogen) atoms. The smallest absolute Gasteiger partial charge is 0.324 e. The van der Waals surface area contributed by atoms with Crippen molar-refractivity contribution in [3.8, 4) is 12.0 Å². The molecular weight excluding hydrogens is 312 g/mol. The lowest BCUT2D eigenvalue weighted by Crippen LogP contribution is -2.44. The number of piperidine rings is 1. The molecule has 0 saturated carbocycles. The van der Waals surface area contributed by atoms with Crippen molar-refractivity contribution in [1.82, 2.24) is 15.0 Å². The predicted molar refractivity (Wildman–Crippen MR) is 74.2 cm³/mol. The summed E-state index contributed by atoms with van der Waals surface area (Å²) < 4.78 is 10.2. The molecule has 2 fully saturated rings. The third-order valence-corrected chi connectivity index (χ3v) is 4.60. The van der Waals surface area contributed by atoms with E-state index in [4.69, 9.17) is 9.47 Å². The van der Waals surface area contributed by atoms with Crippen LogP contribution in [0.5, 0.6) is 12.0 Å². The number of halogens is 1. The van der Waals surface area contributed by atoms with Gasteiger partial charge in [0.25, 0.3) is 0 Å². The van der Waals surface area contributed by atoms with Crippen molar-refractivity contribution in [3.05, 3.63) is 0 Å². The van der Waals surface area contributed by atoms with Crippen LogP contribution in [0.15, 0.2) is 0 Å². The Bertz CT molecular complexity index is 437. The SMILES string of the molecule is COc1nc(OC)nc(N2C3CCC2CC(Br)C3)n1. The normalized spacial score (nSPS) is 29.4. The van der Waals surface area contributed by atoms with E-state index in [2.05, 4.69) is 35.8 Å². The molecule has 2 atom stereocenters. The van der Waals surface area contributed by atoms with Gasteiger partial charge in [-0.05, 0) is 25.7 Å². The maximum absolute atomic E-state index is 5.12. The maximum Gasteiger partial charge on any atom is 0.324 e. The summed E-state index contributed by atoms with van der Waals surface area (Å²) in [5.74, 6) is 0.676. The number of aromatic nitrogens is 3. The molecule has 0 aromatic carbocycles. The van der Waals surface area contributed by atoms with Gasteiger partial charge in [-0.15, -0.1) is 4.98 Å². The second-order valence-corrected chi connectivity index (χ2v) is 6.26. The van der Waals surface area contributed by atoms with E-state index in [1.165, 1.54) is 12.8 Å². The quantitative estimate of drug-likeness (QED) is 0.788. The molecule has 0 amide bonds. The molecule has 2 bridgehead atoms. The molecule has 2 unspecified atom stereocenters. The topological polar surface area (TPSA) is 60.4 Å². The van der Waals surface area contributed by atoms with E-state index in [1.807, 2.05) is 0 Å². The van der Waals surface area contributed by atoms with E-state index in [0.29, 0.717) is 34.9 Å². The first-order valence-corrected chi connectivity index (χ1v) is 7.39. The van der Waals surface area contributed by atoms with Crippen LogP contribution in [0.4, 0.5) is 5.95 Å². The number of nitrogens with zero attached hydrogens (tertiary/aromatic N) is 4. The first-order chi connectivity index (χ1) is 9.21. The van der Waals surface area contributed by atoms with Crippen LogP contribution in [-0.4, -0.2) is 46.1 Å². The molecule has 1 aromatic heterocycles. The number of methoxy groups -OCH3 is 2. The predicted octanol–water partition coefficient (Wildman–Crippen LogP) is 1.78. The Morgan fingerprint density at radius 2 is 1.53 bits per heavy atom. The van der Waals surface area contributed by atoms with E-state index in [1.54, 1.807) is 14.2 Å². The minimum atomic E-state index is 0.308. The van der Waals surface area contributed by atoms with Crippen LogP contribution in [0.2, 0.25) is 0 Å². The fourth-order valence-electron chi connectivity index (χ4n) is 3.06. The Kier molecular flexibility index (Phi) is 3.47. The molecule has 6 nitrogen and oxygen atoms in total. The Morgan fingerprint density at radius 3 is 2.00 bits per heavy atom. The molecule has 7 heteroatoms. The number of hydrogen-bond donors (Lipinski definition) is 0. The van der Waals surface area contributed by atoms with Gasteiger partial charge in [-0.1, -0.05) is 15.9 Å². The van der Waals surface area contributed by atoms with Gasteiger partial charge in [0.15, 0.2) is 0 Å². The molecule has 0 aliphatic carbocycles. The van der Waals surface area contributed by atoms with E-state index >= 15 is 0 Å². The summed E-state index contributed by atoms with van der Waals surface area (Å²) in [7, 11) is 3.11. The van der Waals surface area contributed by atoms with Gasteiger partial charge < -0.3 is 14.4 Å². The van der Waals surface area contributed by atoms with Crippen molar-refractivity contribution < 1.29 is 9.47 Å². The number of fused-ring (bicyclic) bond motifs is 2. The fourth-order valence-corrected chi connectivity index (χ4v) is 3.93. The molecule has 3 heterocycles. The lowest BCUT2D eigenvalue weighted by atomic mass is 10.0. The zero-order valence-corrected chi connectivity index (χ0v) is 12.6. The van der Waals surface area contributed by atoms with Gasteiger partial charge in [0.2, 0.25) is 5.95 Å². The van der Waals surface area contributed by atoms with E-state index < -0.39 is 0 Å². The van der Waals surface area contributed by atoms with Crippen molar-refractivity contribution in [3.63, 3.8) is 0 Å². The average Bonchev–Trinajstić information content (AvgIpc) is 2.70. The lowest BCUT2D eigenvalue weighted by Gasteiger charge is -2.37. The van der Waals surface area contributed by atoms with Crippen LogP contribution >= 0.6 is 15.9 Å². The first-order valence-electron chi connectivity index (χ1n) is 6.47. The Labute approximate surface area is 120 Å². The maximum atomic E-state index is 5.12. The highest BCUT2D eigenvalue weighted by Gasteiger charge is 2.41. The molecular formula is C12H17BrN4O2. The van der Waals surface area contributed by atoms with Crippen molar-refractivity contribution in [2.24, 2.45) is 0 Å². The van der Waals surface area contributed by atoms with Crippen LogP contribution in [0.3, 0.4) is 0 Å². The third-order valence-electron chi connectivity index (χ3n) is 3.85. The summed E-state index contributed by atoms with van der Waals surface area (Å²) in [6.45, 7) is 0. The number of hydrogen-bond acceptors (Lipinski definition) is 6. The molecule has 2 aliphatic rings. The average molecular weight is 329 g/mol. The molecule has 104 valence electrons. The van der Waals surface area contributed by atoms with Crippen molar-refractivity contribution in [1.29, 1.82) is 0 Å². The number of rotatable bonds is 3. The van der Waals surface area contributed by atoms with Gasteiger partial charge >= 0.3 is 12.0 Å². The van der Waals surface area contributed by atoms with E-state index in [0.717, 1.165) is 12.8 Å². The van der Waals surface area contributed by atoms with Gasteiger partial charge in [0, 0.05) is 16.9 Å². The second-order valence-electron chi connectivity index (χ2n) is 4.97. The first kappa shape index (κ1) is 12.9. The molecule has 2 saturated heterocycles. The summed E-state index contributed by atoms with van der Waals surface area (Å²) in [6, 6.07) is 1.62. The van der Waals surface area contributed by atoms with Gasteiger partial charge in [0.05, 0.1) is 14.2 Å². The van der Waals surface area contributed by atoms with Crippen LogP contribution in [0, 0.1) is 0 Å².